The van der Waals surface area contributed by atoms with Crippen molar-refractivity contribution in [3.05, 3.63) is 5.82 Å². The topological polar surface area (TPSA) is 64.9 Å². The number of aryl methyl sites for hydroxylation is 1. The van der Waals surface area contributed by atoms with E-state index in [0.29, 0.717) is 0 Å². The summed E-state index contributed by atoms with van der Waals surface area (Å²) in [6.07, 6.45) is 0.924. The first-order valence-corrected chi connectivity index (χ1v) is 5.28. The van der Waals surface area contributed by atoms with Crippen LogP contribution in [0.25, 0.3) is 0 Å². The van der Waals surface area contributed by atoms with E-state index in [-0.39, 0.29) is 6.04 Å². The van der Waals surface area contributed by atoms with E-state index in [1.807, 2.05) is 4.68 Å². The minimum Gasteiger partial charge on any atom is -0.385 e. The average molecular weight is 213 g/mol. The highest BCUT2D eigenvalue weighted by Gasteiger charge is 2.12. The molecule has 6 nitrogen and oxygen atoms in total. The quantitative estimate of drug-likeness (QED) is 0.663. The number of hydrogen-bond acceptors (Lipinski definition) is 5. The Morgan fingerprint density at radius 1 is 1.53 bits per heavy atom. The number of tetrazole rings is 1. The highest BCUT2D eigenvalue weighted by Crippen LogP contribution is 2.07. The average Bonchev–Trinajstić information content (AvgIpc) is 2.67. The predicted molar refractivity (Wildman–Crippen MR) is 56.4 cm³/mol. The molecule has 1 heterocycles. The van der Waals surface area contributed by atoms with Gasteiger partial charge in [0.2, 0.25) is 0 Å². The Labute approximate surface area is 90.0 Å². The molecule has 0 aliphatic heterocycles. The van der Waals surface area contributed by atoms with Crippen molar-refractivity contribution in [2.24, 2.45) is 0 Å². The van der Waals surface area contributed by atoms with Gasteiger partial charge in [0.05, 0.1) is 6.04 Å². The number of nitrogens with one attached hydrogen (secondary N) is 1. The standard InChI is InChI=1S/C9H19N5O/c1-4-10-8(2)9-11-12-13-14(9)6-5-7-15-3/h8,10H,4-7H2,1-3H3. The van der Waals surface area contributed by atoms with Crippen molar-refractivity contribution in [2.75, 3.05) is 20.3 Å². The Hall–Kier alpha value is -1.01. The first-order valence-electron chi connectivity index (χ1n) is 5.28. The molecule has 1 atom stereocenters. The molecule has 0 spiro atoms. The molecule has 1 aromatic rings. The second-order valence-corrected chi connectivity index (χ2v) is 3.39. The molecule has 1 aromatic heterocycles. The number of nitrogens with zero attached hydrogens (tertiary/aromatic N) is 4. The van der Waals surface area contributed by atoms with Gasteiger partial charge in [-0.15, -0.1) is 5.10 Å². The van der Waals surface area contributed by atoms with Gasteiger partial charge in [-0.2, -0.15) is 0 Å². The van der Waals surface area contributed by atoms with E-state index in [1.54, 1.807) is 7.11 Å². The van der Waals surface area contributed by atoms with Crippen LogP contribution in [-0.4, -0.2) is 40.5 Å². The van der Waals surface area contributed by atoms with Crippen molar-refractivity contribution in [1.29, 1.82) is 0 Å². The Morgan fingerprint density at radius 2 is 2.33 bits per heavy atom. The van der Waals surface area contributed by atoms with Crippen LogP contribution in [0, 0.1) is 0 Å². The number of aromatic nitrogens is 4. The van der Waals surface area contributed by atoms with E-state index >= 15 is 0 Å². The molecule has 0 fully saturated rings. The predicted octanol–water partition coefficient (Wildman–Crippen LogP) is 0.380. The van der Waals surface area contributed by atoms with Crippen LogP contribution in [0.15, 0.2) is 0 Å². The van der Waals surface area contributed by atoms with E-state index in [2.05, 4.69) is 34.7 Å². The zero-order valence-corrected chi connectivity index (χ0v) is 9.60. The fraction of sp³-hybridized carbons (Fsp3) is 0.889. The van der Waals surface area contributed by atoms with E-state index in [0.717, 1.165) is 31.9 Å². The van der Waals surface area contributed by atoms with Gasteiger partial charge >= 0.3 is 0 Å². The molecule has 6 heteroatoms. The third-order valence-corrected chi connectivity index (χ3v) is 2.18. The highest BCUT2D eigenvalue weighted by atomic mass is 16.5. The Kier molecular flexibility index (Phi) is 5.20. The monoisotopic (exact) mass is 213 g/mol. The Morgan fingerprint density at radius 3 is 3.00 bits per heavy atom. The van der Waals surface area contributed by atoms with Gasteiger partial charge in [-0.25, -0.2) is 4.68 Å². The van der Waals surface area contributed by atoms with Crippen molar-refractivity contribution in [1.82, 2.24) is 25.5 Å². The molecule has 1 unspecified atom stereocenters. The Bertz CT molecular complexity index is 275. The maximum absolute atomic E-state index is 4.99. The summed E-state index contributed by atoms with van der Waals surface area (Å²) in [7, 11) is 1.70. The van der Waals surface area contributed by atoms with Gasteiger partial charge in [-0.3, -0.25) is 0 Å². The lowest BCUT2D eigenvalue weighted by molar-refractivity contribution is 0.188. The minimum atomic E-state index is 0.188. The largest absolute Gasteiger partial charge is 0.385 e. The summed E-state index contributed by atoms with van der Waals surface area (Å²) in [6.45, 7) is 6.56. The van der Waals surface area contributed by atoms with Crippen molar-refractivity contribution in [3.8, 4) is 0 Å². The number of ether oxygens (including phenoxy) is 1. The van der Waals surface area contributed by atoms with Gasteiger partial charge in [0.1, 0.15) is 0 Å². The summed E-state index contributed by atoms with van der Waals surface area (Å²) < 4.78 is 6.82. The molecule has 15 heavy (non-hydrogen) atoms. The fourth-order valence-electron chi connectivity index (χ4n) is 1.44. The van der Waals surface area contributed by atoms with Gasteiger partial charge in [0, 0.05) is 20.3 Å². The Balaban J connectivity index is 2.52. The molecule has 0 aliphatic carbocycles. The smallest absolute Gasteiger partial charge is 0.167 e. The SMILES string of the molecule is CCNC(C)c1nnnn1CCCOC. The van der Waals surface area contributed by atoms with E-state index in [4.69, 9.17) is 4.74 Å². The first kappa shape index (κ1) is 12.1. The van der Waals surface area contributed by atoms with Crippen LogP contribution in [0.4, 0.5) is 0 Å². The molecule has 0 saturated carbocycles. The number of methoxy groups -OCH3 is 1. The van der Waals surface area contributed by atoms with Crippen LogP contribution >= 0.6 is 0 Å². The molecule has 0 amide bonds. The molecule has 0 aliphatic rings. The summed E-state index contributed by atoms with van der Waals surface area (Å²) in [6, 6.07) is 0.188. The van der Waals surface area contributed by atoms with Gasteiger partial charge in [-0.1, -0.05) is 6.92 Å². The number of rotatable bonds is 7. The molecule has 1 N–H and O–H groups in total. The lowest BCUT2D eigenvalue weighted by atomic mass is 10.3. The minimum absolute atomic E-state index is 0.188. The summed E-state index contributed by atoms with van der Waals surface area (Å²) in [5.41, 5.74) is 0. The van der Waals surface area contributed by atoms with Gasteiger partial charge < -0.3 is 10.1 Å². The molecule has 86 valence electrons. The molecule has 0 aromatic carbocycles. The number of hydrogen-bond donors (Lipinski definition) is 1. The van der Waals surface area contributed by atoms with Gasteiger partial charge in [0.25, 0.3) is 0 Å². The third kappa shape index (κ3) is 3.56. The maximum atomic E-state index is 4.99. The van der Waals surface area contributed by atoms with Crippen molar-refractivity contribution in [3.63, 3.8) is 0 Å². The molecule has 1 rings (SSSR count). The van der Waals surface area contributed by atoms with E-state index in [1.165, 1.54) is 0 Å². The van der Waals surface area contributed by atoms with Crippen LogP contribution in [0.2, 0.25) is 0 Å². The van der Waals surface area contributed by atoms with Crippen LogP contribution in [0.5, 0.6) is 0 Å². The van der Waals surface area contributed by atoms with Gasteiger partial charge in [-0.05, 0) is 30.3 Å². The molecular formula is C9H19N5O. The summed E-state index contributed by atoms with van der Waals surface area (Å²) in [4.78, 5) is 0. The van der Waals surface area contributed by atoms with Crippen LogP contribution < -0.4 is 5.32 Å². The van der Waals surface area contributed by atoms with E-state index < -0.39 is 0 Å². The second kappa shape index (κ2) is 6.47. The normalized spacial score (nSPS) is 13.0. The zero-order valence-electron chi connectivity index (χ0n) is 9.60. The molecule has 0 radical (unpaired) electrons. The molecule has 0 bridgehead atoms. The molecular weight excluding hydrogens is 194 g/mol. The lowest BCUT2D eigenvalue weighted by Gasteiger charge is -2.11. The maximum Gasteiger partial charge on any atom is 0.167 e. The zero-order chi connectivity index (χ0) is 11.1. The highest BCUT2D eigenvalue weighted by molar-refractivity contribution is 4.89. The lowest BCUT2D eigenvalue weighted by Crippen LogP contribution is -2.22. The second-order valence-electron chi connectivity index (χ2n) is 3.39. The summed E-state index contributed by atoms with van der Waals surface area (Å²) in [5, 5.41) is 14.9. The van der Waals surface area contributed by atoms with Gasteiger partial charge in [0.15, 0.2) is 5.82 Å². The van der Waals surface area contributed by atoms with Crippen molar-refractivity contribution < 1.29 is 4.74 Å². The van der Waals surface area contributed by atoms with Crippen LogP contribution in [0.1, 0.15) is 32.1 Å². The third-order valence-electron chi connectivity index (χ3n) is 2.18. The molecule has 0 saturated heterocycles. The summed E-state index contributed by atoms with van der Waals surface area (Å²) >= 11 is 0. The van der Waals surface area contributed by atoms with Crippen molar-refractivity contribution in [2.45, 2.75) is 32.9 Å². The van der Waals surface area contributed by atoms with Crippen LogP contribution in [-0.2, 0) is 11.3 Å². The van der Waals surface area contributed by atoms with Crippen molar-refractivity contribution >= 4 is 0 Å². The fourth-order valence-corrected chi connectivity index (χ4v) is 1.44. The van der Waals surface area contributed by atoms with Crippen LogP contribution in [0.3, 0.4) is 0 Å². The first-order chi connectivity index (χ1) is 7.29. The summed E-state index contributed by atoms with van der Waals surface area (Å²) in [5.74, 6) is 0.882. The van der Waals surface area contributed by atoms with E-state index in [9.17, 15) is 0 Å².